The fourth-order valence-electron chi connectivity index (χ4n) is 3.56. The van der Waals surface area contributed by atoms with Gasteiger partial charge < -0.3 is 20.1 Å². The van der Waals surface area contributed by atoms with Crippen LogP contribution in [0.1, 0.15) is 52.9 Å². The zero-order valence-electron chi connectivity index (χ0n) is 14.5. The van der Waals surface area contributed by atoms with E-state index in [0.717, 1.165) is 32.4 Å². The number of carbonyl (C=O) groups is 2. The van der Waals surface area contributed by atoms with Crippen LogP contribution in [0.2, 0.25) is 0 Å². The molecule has 0 aromatic heterocycles. The second-order valence-corrected chi connectivity index (χ2v) is 7.82. The summed E-state index contributed by atoms with van der Waals surface area (Å²) in [5.41, 5.74) is -0.528. The molecule has 2 N–H and O–H groups in total. The molecule has 23 heavy (non-hydrogen) atoms. The normalized spacial score (nSPS) is 26.8. The van der Waals surface area contributed by atoms with Gasteiger partial charge in [-0.2, -0.15) is 0 Å². The molecule has 2 aliphatic heterocycles. The predicted molar refractivity (Wildman–Crippen MR) is 87.3 cm³/mol. The number of nitrogens with one attached hydrogen (secondary N) is 1. The minimum Gasteiger partial charge on any atom is -0.481 e. The van der Waals surface area contributed by atoms with E-state index in [9.17, 15) is 14.7 Å². The van der Waals surface area contributed by atoms with Crippen molar-refractivity contribution < 1.29 is 19.4 Å². The predicted octanol–water partition coefficient (Wildman–Crippen LogP) is 2.48. The molecule has 6 heteroatoms. The highest BCUT2D eigenvalue weighted by molar-refractivity contribution is 5.72. The lowest BCUT2D eigenvalue weighted by Gasteiger charge is -2.40. The number of amides is 1. The fraction of sp³-hybridized carbons (Fsp3) is 0.882. The van der Waals surface area contributed by atoms with E-state index < -0.39 is 11.6 Å². The van der Waals surface area contributed by atoms with Gasteiger partial charge >= 0.3 is 12.1 Å². The van der Waals surface area contributed by atoms with E-state index in [4.69, 9.17) is 4.74 Å². The van der Waals surface area contributed by atoms with Crippen LogP contribution in [0.4, 0.5) is 4.79 Å². The molecule has 2 aliphatic rings. The maximum atomic E-state index is 12.5. The summed E-state index contributed by atoms with van der Waals surface area (Å²) in [5.74, 6) is -0.539. The van der Waals surface area contributed by atoms with E-state index in [1.54, 1.807) is 4.90 Å². The highest BCUT2D eigenvalue weighted by Crippen LogP contribution is 2.31. The number of rotatable bonds is 3. The van der Waals surface area contributed by atoms with E-state index in [1.165, 1.54) is 0 Å². The molecule has 2 saturated heterocycles. The van der Waals surface area contributed by atoms with E-state index in [1.807, 2.05) is 20.8 Å². The second kappa shape index (κ2) is 7.51. The first-order valence-electron chi connectivity index (χ1n) is 8.69. The maximum Gasteiger partial charge on any atom is 0.410 e. The first kappa shape index (κ1) is 18.0. The molecule has 0 bridgehead atoms. The number of ether oxygens (including phenoxy) is 1. The van der Waals surface area contributed by atoms with Gasteiger partial charge in [-0.1, -0.05) is 0 Å². The number of hydrogen-bond acceptors (Lipinski definition) is 4. The molecular weight excluding hydrogens is 296 g/mol. The number of carbonyl (C=O) groups excluding carboxylic acids is 1. The van der Waals surface area contributed by atoms with Crippen molar-refractivity contribution in [2.45, 2.75) is 64.5 Å². The summed E-state index contributed by atoms with van der Waals surface area (Å²) in [4.78, 5) is 25.6. The smallest absolute Gasteiger partial charge is 0.410 e. The topological polar surface area (TPSA) is 78.9 Å². The van der Waals surface area contributed by atoms with Gasteiger partial charge in [0, 0.05) is 12.6 Å². The zero-order chi connectivity index (χ0) is 17.0. The Labute approximate surface area is 138 Å². The van der Waals surface area contributed by atoms with Crippen molar-refractivity contribution in [3.05, 3.63) is 0 Å². The number of nitrogens with zero attached hydrogens (tertiary/aromatic N) is 1. The third-order valence-corrected chi connectivity index (χ3v) is 4.76. The van der Waals surface area contributed by atoms with Gasteiger partial charge in [0.05, 0.1) is 5.92 Å². The monoisotopic (exact) mass is 326 g/mol. The van der Waals surface area contributed by atoms with Gasteiger partial charge in [0.2, 0.25) is 0 Å². The molecule has 0 aliphatic carbocycles. The van der Waals surface area contributed by atoms with Crippen molar-refractivity contribution in [1.29, 1.82) is 0 Å². The Morgan fingerprint density at radius 1 is 1.22 bits per heavy atom. The SMILES string of the molecule is CC(C)(C)OC(=O)N1CC[C@@H](C(=O)O)C[C@H]1CC1CCNCC1. The summed E-state index contributed by atoms with van der Waals surface area (Å²) in [6, 6.07) is -0.0252. The lowest BCUT2D eigenvalue weighted by Crippen LogP contribution is -2.50. The molecule has 2 fully saturated rings. The lowest BCUT2D eigenvalue weighted by molar-refractivity contribution is -0.144. The summed E-state index contributed by atoms with van der Waals surface area (Å²) in [5, 5.41) is 12.7. The van der Waals surface area contributed by atoms with Crippen molar-refractivity contribution in [3.8, 4) is 0 Å². The van der Waals surface area contributed by atoms with Crippen molar-refractivity contribution in [3.63, 3.8) is 0 Å². The first-order valence-corrected chi connectivity index (χ1v) is 8.69. The Morgan fingerprint density at radius 3 is 2.43 bits per heavy atom. The maximum absolute atomic E-state index is 12.5. The Morgan fingerprint density at radius 2 is 1.87 bits per heavy atom. The van der Waals surface area contributed by atoms with Crippen LogP contribution in [-0.4, -0.2) is 53.3 Å². The Balaban J connectivity index is 2.04. The molecule has 0 spiro atoms. The largest absolute Gasteiger partial charge is 0.481 e. The van der Waals surface area contributed by atoms with Gasteiger partial charge in [0.25, 0.3) is 0 Å². The lowest BCUT2D eigenvalue weighted by atomic mass is 9.83. The fourth-order valence-corrected chi connectivity index (χ4v) is 3.56. The van der Waals surface area contributed by atoms with E-state index >= 15 is 0 Å². The highest BCUT2D eigenvalue weighted by atomic mass is 16.6. The van der Waals surface area contributed by atoms with Gasteiger partial charge in [-0.3, -0.25) is 4.79 Å². The molecule has 1 amide bonds. The third-order valence-electron chi connectivity index (χ3n) is 4.76. The number of hydrogen-bond donors (Lipinski definition) is 2. The van der Waals surface area contributed by atoms with E-state index in [-0.39, 0.29) is 18.1 Å². The Kier molecular flexibility index (Phi) is 5.89. The molecule has 0 aromatic carbocycles. The van der Waals surface area contributed by atoms with Crippen LogP contribution in [0.3, 0.4) is 0 Å². The number of carboxylic acids is 1. The average Bonchev–Trinajstić information content (AvgIpc) is 2.46. The molecular formula is C17H30N2O4. The Hall–Kier alpha value is -1.30. The molecule has 6 nitrogen and oxygen atoms in total. The van der Waals surface area contributed by atoms with Crippen molar-refractivity contribution >= 4 is 12.1 Å². The van der Waals surface area contributed by atoms with Crippen LogP contribution in [0, 0.1) is 11.8 Å². The van der Waals surface area contributed by atoms with Crippen LogP contribution in [0.5, 0.6) is 0 Å². The molecule has 132 valence electrons. The van der Waals surface area contributed by atoms with Crippen LogP contribution in [0.25, 0.3) is 0 Å². The van der Waals surface area contributed by atoms with Gasteiger partial charge in [0.15, 0.2) is 0 Å². The van der Waals surface area contributed by atoms with Crippen molar-refractivity contribution in [2.24, 2.45) is 11.8 Å². The molecule has 2 heterocycles. The molecule has 0 unspecified atom stereocenters. The van der Waals surface area contributed by atoms with Gasteiger partial charge in [-0.15, -0.1) is 0 Å². The summed E-state index contributed by atoms with van der Waals surface area (Å²) < 4.78 is 5.52. The molecule has 2 atom stereocenters. The van der Waals surface area contributed by atoms with E-state index in [2.05, 4.69) is 5.32 Å². The summed E-state index contributed by atoms with van der Waals surface area (Å²) in [7, 11) is 0. The minimum atomic E-state index is -0.746. The first-order chi connectivity index (χ1) is 10.8. The van der Waals surface area contributed by atoms with Gasteiger partial charge in [0.1, 0.15) is 5.60 Å². The van der Waals surface area contributed by atoms with Crippen molar-refractivity contribution in [2.75, 3.05) is 19.6 Å². The summed E-state index contributed by atoms with van der Waals surface area (Å²) in [6.07, 6.45) is 3.81. The number of carboxylic acid groups (broad SMARTS) is 1. The van der Waals surface area contributed by atoms with Crippen LogP contribution >= 0.6 is 0 Å². The minimum absolute atomic E-state index is 0.0252. The van der Waals surface area contributed by atoms with Crippen LogP contribution in [0.15, 0.2) is 0 Å². The second-order valence-electron chi connectivity index (χ2n) is 7.82. The highest BCUT2D eigenvalue weighted by Gasteiger charge is 2.37. The number of aliphatic carboxylic acids is 1. The molecule has 0 aromatic rings. The van der Waals surface area contributed by atoms with Gasteiger partial charge in [-0.25, -0.2) is 4.79 Å². The summed E-state index contributed by atoms with van der Waals surface area (Å²) in [6.45, 7) is 8.06. The number of likely N-dealkylation sites (tertiary alicyclic amines) is 1. The average molecular weight is 326 g/mol. The molecule has 0 saturated carbocycles. The quantitative estimate of drug-likeness (QED) is 0.833. The van der Waals surface area contributed by atoms with Crippen molar-refractivity contribution in [1.82, 2.24) is 10.2 Å². The molecule has 2 rings (SSSR count). The standard InChI is InChI=1S/C17H30N2O4/c1-17(2,3)23-16(22)19-9-6-13(15(20)21)11-14(19)10-12-4-7-18-8-5-12/h12-14,18H,4-11H2,1-3H3,(H,20,21)/t13-,14-/m1/s1. The van der Waals surface area contributed by atoms with Crippen LogP contribution in [-0.2, 0) is 9.53 Å². The third kappa shape index (κ3) is 5.37. The van der Waals surface area contributed by atoms with Gasteiger partial charge in [-0.05, 0) is 71.9 Å². The number of piperidine rings is 2. The summed E-state index contributed by atoms with van der Waals surface area (Å²) >= 11 is 0. The van der Waals surface area contributed by atoms with E-state index in [0.29, 0.717) is 25.3 Å². The molecule has 0 radical (unpaired) electrons. The zero-order valence-corrected chi connectivity index (χ0v) is 14.5. The van der Waals surface area contributed by atoms with Crippen LogP contribution < -0.4 is 5.32 Å². The Bertz CT molecular complexity index is 427.